The summed E-state index contributed by atoms with van der Waals surface area (Å²) in [7, 11) is 1.29. The molecule has 0 aliphatic heterocycles. The normalized spacial score (nSPS) is 10.6. The number of carbonyl (C=O) groups is 1. The molecule has 0 atom stereocenters. The Bertz CT molecular complexity index is 901. The van der Waals surface area contributed by atoms with Crippen molar-refractivity contribution in [1.29, 1.82) is 0 Å². The van der Waals surface area contributed by atoms with Crippen LogP contribution >= 0.6 is 0 Å². The molecule has 0 saturated carbocycles. The van der Waals surface area contributed by atoms with E-state index >= 15 is 0 Å². The number of rotatable bonds is 6. The molecule has 3 rings (SSSR count). The van der Waals surface area contributed by atoms with Crippen molar-refractivity contribution in [3.05, 3.63) is 54.4 Å². The van der Waals surface area contributed by atoms with Crippen molar-refractivity contribution < 1.29 is 27.5 Å². The van der Waals surface area contributed by atoms with E-state index in [0.29, 0.717) is 17.1 Å². The molecule has 134 valence electrons. The molecule has 0 radical (unpaired) electrons. The van der Waals surface area contributed by atoms with Gasteiger partial charge in [0.1, 0.15) is 0 Å². The van der Waals surface area contributed by atoms with Crippen molar-refractivity contribution in [3.63, 3.8) is 0 Å². The Morgan fingerprint density at radius 3 is 2.73 bits per heavy atom. The number of aromatic nitrogens is 2. The summed E-state index contributed by atoms with van der Waals surface area (Å²) in [5, 5.41) is 10.1. The quantitative estimate of drug-likeness (QED) is 0.722. The molecule has 0 saturated heterocycles. The summed E-state index contributed by atoms with van der Waals surface area (Å²) in [6.45, 7) is -2.99. The van der Waals surface area contributed by atoms with Gasteiger partial charge in [0.15, 0.2) is 11.5 Å². The van der Waals surface area contributed by atoms with Crippen LogP contribution in [0, 0.1) is 0 Å². The van der Waals surface area contributed by atoms with Crippen LogP contribution in [0.2, 0.25) is 0 Å². The fourth-order valence-corrected chi connectivity index (χ4v) is 2.23. The third-order valence-corrected chi connectivity index (χ3v) is 3.37. The molecule has 0 fully saturated rings. The summed E-state index contributed by atoms with van der Waals surface area (Å²) in [5.41, 5.74) is 1.35. The lowest BCUT2D eigenvalue weighted by atomic mass is 10.1. The Morgan fingerprint density at radius 2 is 2.04 bits per heavy atom. The first-order valence-electron chi connectivity index (χ1n) is 7.37. The van der Waals surface area contributed by atoms with Gasteiger partial charge in [0.25, 0.3) is 5.91 Å². The van der Waals surface area contributed by atoms with E-state index in [-0.39, 0.29) is 17.1 Å². The van der Waals surface area contributed by atoms with Gasteiger partial charge < -0.3 is 19.2 Å². The number of hydrogen-bond donors (Lipinski definition) is 1. The number of benzene rings is 2. The van der Waals surface area contributed by atoms with Crippen LogP contribution in [0.25, 0.3) is 11.5 Å². The van der Waals surface area contributed by atoms with Crippen LogP contribution in [-0.2, 0) is 0 Å². The second-order valence-corrected chi connectivity index (χ2v) is 5.02. The first-order chi connectivity index (χ1) is 12.6. The molecule has 0 aliphatic rings. The lowest BCUT2D eigenvalue weighted by Crippen LogP contribution is -2.12. The highest BCUT2D eigenvalue weighted by Gasteiger charge is 2.15. The Labute approximate surface area is 146 Å². The molecule has 0 aliphatic carbocycles. The van der Waals surface area contributed by atoms with Gasteiger partial charge in [0, 0.05) is 16.8 Å². The number of nitrogens with one attached hydrogen (secondary N) is 1. The molecule has 7 nitrogen and oxygen atoms in total. The summed E-state index contributed by atoms with van der Waals surface area (Å²) in [4.78, 5) is 12.4. The molecule has 1 heterocycles. The van der Waals surface area contributed by atoms with Gasteiger partial charge in [-0.15, -0.1) is 10.2 Å². The highest BCUT2D eigenvalue weighted by molar-refractivity contribution is 6.04. The molecule has 1 N–H and O–H groups in total. The molecule has 26 heavy (non-hydrogen) atoms. The third-order valence-electron chi connectivity index (χ3n) is 3.37. The van der Waals surface area contributed by atoms with Crippen molar-refractivity contribution in [1.82, 2.24) is 10.2 Å². The third kappa shape index (κ3) is 3.94. The molecular formula is C17H13F2N3O4. The predicted octanol–water partition coefficient (Wildman–Crippen LogP) is 3.60. The molecule has 1 aromatic heterocycles. The summed E-state index contributed by atoms with van der Waals surface area (Å²) in [6, 6.07) is 10.7. The number of nitrogens with zero attached hydrogens (tertiary/aromatic N) is 2. The van der Waals surface area contributed by atoms with Crippen LogP contribution < -0.4 is 14.8 Å². The summed E-state index contributed by atoms with van der Waals surface area (Å²) >= 11 is 0. The minimum Gasteiger partial charge on any atom is -0.493 e. The Kier molecular flexibility index (Phi) is 5.07. The Hall–Kier alpha value is -3.49. The summed E-state index contributed by atoms with van der Waals surface area (Å²) < 4.78 is 39.2. The average molecular weight is 361 g/mol. The standard InChI is InChI=1S/C17H13F2N3O4/c1-24-14-8-10(5-6-13(14)26-17(18)19)15(23)21-12-4-2-3-11(7-12)16-22-20-9-25-16/h2-9,17H,1H3,(H,21,23). The molecular weight excluding hydrogens is 348 g/mol. The fraction of sp³-hybridized carbons (Fsp3) is 0.118. The second kappa shape index (κ2) is 7.60. The van der Waals surface area contributed by atoms with Crippen LogP contribution in [-0.4, -0.2) is 29.8 Å². The summed E-state index contributed by atoms with van der Waals surface area (Å²) in [5.74, 6) is -0.263. The number of methoxy groups -OCH3 is 1. The van der Waals surface area contributed by atoms with E-state index < -0.39 is 12.5 Å². The van der Waals surface area contributed by atoms with E-state index in [4.69, 9.17) is 9.15 Å². The second-order valence-electron chi connectivity index (χ2n) is 5.02. The maximum Gasteiger partial charge on any atom is 0.387 e. The largest absolute Gasteiger partial charge is 0.493 e. The highest BCUT2D eigenvalue weighted by atomic mass is 19.3. The van der Waals surface area contributed by atoms with Crippen molar-refractivity contribution >= 4 is 11.6 Å². The Morgan fingerprint density at radius 1 is 1.19 bits per heavy atom. The first-order valence-corrected chi connectivity index (χ1v) is 7.37. The molecule has 0 unspecified atom stereocenters. The number of halogens is 2. The highest BCUT2D eigenvalue weighted by Crippen LogP contribution is 2.30. The van der Waals surface area contributed by atoms with Crippen LogP contribution in [0.1, 0.15) is 10.4 Å². The average Bonchev–Trinajstić information content (AvgIpc) is 3.16. The van der Waals surface area contributed by atoms with E-state index in [1.165, 1.54) is 31.7 Å². The van der Waals surface area contributed by atoms with Gasteiger partial charge in [0.2, 0.25) is 12.3 Å². The minimum atomic E-state index is -2.99. The fourth-order valence-electron chi connectivity index (χ4n) is 2.23. The zero-order chi connectivity index (χ0) is 18.5. The van der Waals surface area contributed by atoms with Crippen molar-refractivity contribution in [3.8, 4) is 23.0 Å². The van der Waals surface area contributed by atoms with Crippen LogP contribution in [0.15, 0.2) is 53.3 Å². The molecule has 3 aromatic rings. The van der Waals surface area contributed by atoms with Gasteiger partial charge >= 0.3 is 6.61 Å². The molecule has 9 heteroatoms. The number of carbonyl (C=O) groups excluding carboxylic acids is 1. The number of amides is 1. The lowest BCUT2D eigenvalue weighted by molar-refractivity contribution is -0.0512. The van der Waals surface area contributed by atoms with E-state index in [9.17, 15) is 13.6 Å². The zero-order valence-corrected chi connectivity index (χ0v) is 13.5. The van der Waals surface area contributed by atoms with Crippen molar-refractivity contribution in [2.45, 2.75) is 6.61 Å². The zero-order valence-electron chi connectivity index (χ0n) is 13.5. The SMILES string of the molecule is COc1cc(C(=O)Nc2cccc(-c3nnco3)c2)ccc1OC(F)F. The first kappa shape index (κ1) is 17.3. The topological polar surface area (TPSA) is 86.5 Å². The maximum atomic E-state index is 12.4. The maximum absolute atomic E-state index is 12.4. The number of ether oxygens (including phenoxy) is 2. The van der Waals surface area contributed by atoms with Crippen LogP contribution in [0.4, 0.5) is 14.5 Å². The van der Waals surface area contributed by atoms with Crippen molar-refractivity contribution in [2.24, 2.45) is 0 Å². The van der Waals surface area contributed by atoms with Gasteiger partial charge in [0.05, 0.1) is 7.11 Å². The monoisotopic (exact) mass is 361 g/mol. The minimum absolute atomic E-state index is 0.0255. The van der Waals surface area contributed by atoms with Crippen LogP contribution in [0.5, 0.6) is 11.5 Å². The van der Waals surface area contributed by atoms with E-state index in [2.05, 4.69) is 20.3 Å². The molecule has 0 bridgehead atoms. The predicted molar refractivity (Wildman–Crippen MR) is 87.3 cm³/mol. The Balaban J connectivity index is 1.79. The van der Waals surface area contributed by atoms with Gasteiger partial charge in [-0.25, -0.2) is 0 Å². The number of alkyl halides is 2. The molecule has 0 spiro atoms. The van der Waals surface area contributed by atoms with E-state index in [1.54, 1.807) is 24.3 Å². The van der Waals surface area contributed by atoms with Gasteiger partial charge in [-0.05, 0) is 36.4 Å². The molecule has 1 amide bonds. The number of hydrogen-bond acceptors (Lipinski definition) is 6. The van der Waals surface area contributed by atoms with Gasteiger partial charge in [-0.2, -0.15) is 8.78 Å². The molecule has 2 aromatic carbocycles. The lowest BCUT2D eigenvalue weighted by Gasteiger charge is -2.11. The van der Waals surface area contributed by atoms with Gasteiger partial charge in [-0.1, -0.05) is 6.07 Å². The van der Waals surface area contributed by atoms with E-state index in [0.717, 1.165) is 0 Å². The smallest absolute Gasteiger partial charge is 0.387 e. The van der Waals surface area contributed by atoms with Gasteiger partial charge in [-0.3, -0.25) is 4.79 Å². The van der Waals surface area contributed by atoms with Crippen molar-refractivity contribution in [2.75, 3.05) is 12.4 Å². The number of anilines is 1. The van der Waals surface area contributed by atoms with Crippen LogP contribution in [0.3, 0.4) is 0 Å². The summed E-state index contributed by atoms with van der Waals surface area (Å²) in [6.07, 6.45) is 1.20. The van der Waals surface area contributed by atoms with E-state index in [1.807, 2.05) is 0 Å².